The molecule has 0 saturated carbocycles. The zero-order chi connectivity index (χ0) is 12.2. The standard InChI is InChI=1S/C10H12N2O3S/c1-10(2,7-13)11-16-9-5-3-4-8(6-9)12(14)15/h3-7,11H,1-2H3. The van der Waals surface area contributed by atoms with Gasteiger partial charge >= 0.3 is 0 Å². The molecule has 86 valence electrons. The lowest BCUT2D eigenvalue weighted by molar-refractivity contribution is -0.385. The number of carbonyl (C=O) groups excluding carboxylic acids is 1. The first-order chi connectivity index (χ1) is 7.44. The Balaban J connectivity index is 2.71. The number of benzene rings is 1. The fourth-order valence-electron chi connectivity index (χ4n) is 0.875. The first-order valence-corrected chi connectivity index (χ1v) is 5.41. The molecule has 0 heterocycles. The van der Waals surface area contributed by atoms with E-state index in [0.717, 1.165) is 6.29 Å². The maximum Gasteiger partial charge on any atom is 0.270 e. The highest BCUT2D eigenvalue weighted by Gasteiger charge is 2.16. The molecule has 0 aromatic heterocycles. The highest BCUT2D eigenvalue weighted by atomic mass is 32.2. The fourth-order valence-corrected chi connectivity index (χ4v) is 1.63. The third-order valence-corrected chi connectivity index (χ3v) is 2.87. The van der Waals surface area contributed by atoms with Crippen LogP contribution in [0.4, 0.5) is 5.69 Å². The van der Waals surface area contributed by atoms with Gasteiger partial charge in [0.15, 0.2) is 0 Å². The van der Waals surface area contributed by atoms with Crippen LogP contribution in [0, 0.1) is 10.1 Å². The van der Waals surface area contributed by atoms with Gasteiger partial charge in [-0.05, 0) is 31.9 Å². The number of carbonyl (C=O) groups is 1. The molecular weight excluding hydrogens is 228 g/mol. The largest absolute Gasteiger partial charge is 0.301 e. The average molecular weight is 240 g/mol. The molecule has 6 heteroatoms. The summed E-state index contributed by atoms with van der Waals surface area (Å²) in [4.78, 5) is 21.4. The van der Waals surface area contributed by atoms with E-state index < -0.39 is 10.5 Å². The number of nitrogens with zero attached hydrogens (tertiary/aromatic N) is 1. The molecule has 0 saturated heterocycles. The van der Waals surface area contributed by atoms with E-state index in [1.807, 2.05) is 0 Å². The number of nitrogens with one attached hydrogen (secondary N) is 1. The second kappa shape index (κ2) is 5.09. The van der Waals surface area contributed by atoms with Crippen LogP contribution in [-0.2, 0) is 4.79 Å². The second-order valence-electron chi connectivity index (χ2n) is 3.80. The number of rotatable bonds is 5. The van der Waals surface area contributed by atoms with Crippen LogP contribution in [0.15, 0.2) is 29.2 Å². The molecular formula is C10H12N2O3S. The van der Waals surface area contributed by atoms with E-state index in [1.165, 1.54) is 24.1 Å². The lowest BCUT2D eigenvalue weighted by atomic mass is 10.1. The summed E-state index contributed by atoms with van der Waals surface area (Å²) in [7, 11) is 0. The van der Waals surface area contributed by atoms with E-state index in [4.69, 9.17) is 0 Å². The Morgan fingerprint density at radius 1 is 1.50 bits per heavy atom. The van der Waals surface area contributed by atoms with Gasteiger partial charge in [0.25, 0.3) is 5.69 Å². The summed E-state index contributed by atoms with van der Waals surface area (Å²) in [5.41, 5.74) is -0.620. The first-order valence-electron chi connectivity index (χ1n) is 4.59. The van der Waals surface area contributed by atoms with E-state index >= 15 is 0 Å². The summed E-state index contributed by atoms with van der Waals surface area (Å²) < 4.78 is 2.92. The van der Waals surface area contributed by atoms with Gasteiger partial charge in [0.2, 0.25) is 0 Å². The van der Waals surface area contributed by atoms with Gasteiger partial charge in [0.05, 0.1) is 10.5 Å². The van der Waals surface area contributed by atoms with Gasteiger partial charge < -0.3 is 4.79 Å². The highest BCUT2D eigenvalue weighted by molar-refractivity contribution is 7.97. The zero-order valence-electron chi connectivity index (χ0n) is 8.97. The predicted octanol–water partition coefficient (Wildman–Crippen LogP) is 2.17. The number of hydrogen-bond acceptors (Lipinski definition) is 5. The van der Waals surface area contributed by atoms with Gasteiger partial charge in [-0.3, -0.25) is 10.1 Å². The molecule has 0 spiro atoms. The Labute approximate surface area is 97.5 Å². The van der Waals surface area contributed by atoms with Crippen molar-refractivity contribution in [2.45, 2.75) is 24.3 Å². The first kappa shape index (κ1) is 12.7. The van der Waals surface area contributed by atoms with Crippen molar-refractivity contribution in [2.24, 2.45) is 0 Å². The molecule has 5 nitrogen and oxygen atoms in total. The monoisotopic (exact) mass is 240 g/mol. The lowest BCUT2D eigenvalue weighted by Crippen LogP contribution is -2.35. The van der Waals surface area contributed by atoms with Gasteiger partial charge in [0, 0.05) is 17.0 Å². The SMILES string of the molecule is CC(C)(C=O)NSc1cccc([N+](=O)[O-])c1. The Morgan fingerprint density at radius 2 is 2.19 bits per heavy atom. The highest BCUT2D eigenvalue weighted by Crippen LogP contribution is 2.22. The maximum atomic E-state index is 10.6. The van der Waals surface area contributed by atoms with Crippen molar-refractivity contribution in [3.8, 4) is 0 Å². The van der Waals surface area contributed by atoms with Crippen LogP contribution in [0.3, 0.4) is 0 Å². The summed E-state index contributed by atoms with van der Waals surface area (Å²) >= 11 is 1.20. The van der Waals surface area contributed by atoms with E-state index in [9.17, 15) is 14.9 Å². The number of aldehydes is 1. The molecule has 0 radical (unpaired) electrons. The molecule has 0 aliphatic heterocycles. The molecule has 16 heavy (non-hydrogen) atoms. The Morgan fingerprint density at radius 3 is 2.75 bits per heavy atom. The van der Waals surface area contributed by atoms with Gasteiger partial charge in [-0.1, -0.05) is 6.07 Å². The Kier molecular flexibility index (Phi) is 4.03. The van der Waals surface area contributed by atoms with Crippen molar-refractivity contribution in [1.82, 2.24) is 4.72 Å². The summed E-state index contributed by atoms with van der Waals surface area (Å²) in [5.74, 6) is 0. The van der Waals surface area contributed by atoms with E-state index in [0.29, 0.717) is 4.90 Å². The van der Waals surface area contributed by atoms with Crippen LogP contribution in [0.25, 0.3) is 0 Å². The van der Waals surface area contributed by atoms with Gasteiger partial charge in [0.1, 0.15) is 6.29 Å². The molecule has 0 fully saturated rings. The molecule has 0 bridgehead atoms. The quantitative estimate of drug-likeness (QED) is 0.369. The molecule has 0 aliphatic carbocycles. The van der Waals surface area contributed by atoms with Crippen molar-refractivity contribution in [3.05, 3.63) is 34.4 Å². The number of nitro benzene ring substituents is 1. The minimum atomic E-state index is -0.657. The van der Waals surface area contributed by atoms with Crippen molar-refractivity contribution in [2.75, 3.05) is 0 Å². The molecule has 0 unspecified atom stereocenters. The second-order valence-corrected chi connectivity index (χ2v) is 4.68. The van der Waals surface area contributed by atoms with Gasteiger partial charge in [-0.2, -0.15) is 0 Å². The van der Waals surface area contributed by atoms with E-state index in [1.54, 1.807) is 26.0 Å². The molecule has 1 rings (SSSR count). The molecule has 0 amide bonds. The smallest absolute Gasteiger partial charge is 0.270 e. The van der Waals surface area contributed by atoms with Crippen molar-refractivity contribution in [1.29, 1.82) is 0 Å². The molecule has 1 aromatic rings. The molecule has 0 aliphatic rings. The van der Waals surface area contributed by atoms with E-state index in [-0.39, 0.29) is 5.69 Å². The van der Waals surface area contributed by atoms with Crippen molar-refractivity contribution >= 4 is 23.9 Å². The summed E-state index contributed by atoms with van der Waals surface area (Å²) in [5, 5.41) is 10.5. The third-order valence-electron chi connectivity index (χ3n) is 1.75. The third kappa shape index (κ3) is 3.63. The number of nitro groups is 1. The van der Waals surface area contributed by atoms with Crippen LogP contribution < -0.4 is 4.72 Å². The van der Waals surface area contributed by atoms with E-state index in [2.05, 4.69) is 4.72 Å². The zero-order valence-corrected chi connectivity index (χ0v) is 9.78. The normalized spacial score (nSPS) is 11.1. The molecule has 0 atom stereocenters. The van der Waals surface area contributed by atoms with Crippen LogP contribution in [0.2, 0.25) is 0 Å². The fraction of sp³-hybridized carbons (Fsp3) is 0.300. The van der Waals surface area contributed by atoms with Gasteiger partial charge in [-0.15, -0.1) is 0 Å². The van der Waals surface area contributed by atoms with Gasteiger partial charge in [-0.25, -0.2) is 4.72 Å². The van der Waals surface area contributed by atoms with Crippen molar-refractivity contribution in [3.63, 3.8) is 0 Å². The number of non-ortho nitro benzene ring substituents is 1. The van der Waals surface area contributed by atoms with Crippen LogP contribution >= 0.6 is 11.9 Å². The Hall–Kier alpha value is -1.40. The number of hydrogen-bond donors (Lipinski definition) is 1. The minimum Gasteiger partial charge on any atom is -0.301 e. The summed E-state index contributed by atoms with van der Waals surface area (Å²) in [6, 6.07) is 6.23. The Bertz CT molecular complexity index is 407. The average Bonchev–Trinajstić information content (AvgIpc) is 2.27. The van der Waals surface area contributed by atoms with Crippen LogP contribution in [-0.4, -0.2) is 16.7 Å². The van der Waals surface area contributed by atoms with Crippen LogP contribution in [0.1, 0.15) is 13.8 Å². The minimum absolute atomic E-state index is 0.0377. The summed E-state index contributed by atoms with van der Waals surface area (Å²) in [6.45, 7) is 3.45. The van der Waals surface area contributed by atoms with Crippen LogP contribution in [0.5, 0.6) is 0 Å². The molecule has 1 N–H and O–H groups in total. The maximum absolute atomic E-state index is 10.6. The lowest BCUT2D eigenvalue weighted by Gasteiger charge is -2.17. The predicted molar refractivity (Wildman–Crippen MR) is 62.2 cm³/mol. The topological polar surface area (TPSA) is 72.2 Å². The van der Waals surface area contributed by atoms with Crippen molar-refractivity contribution < 1.29 is 9.72 Å². The summed E-state index contributed by atoms with van der Waals surface area (Å²) in [6.07, 6.45) is 0.789. The molecule has 1 aromatic carbocycles.